The Morgan fingerprint density at radius 3 is 2.78 bits per heavy atom. The van der Waals surface area contributed by atoms with Gasteiger partial charge in [0.15, 0.2) is 0 Å². The zero-order chi connectivity index (χ0) is 12.4. The highest BCUT2D eigenvalue weighted by atomic mass is 32.2. The monoisotopic (exact) mass is 258 g/mol. The molecule has 0 aliphatic heterocycles. The fourth-order valence-corrected chi connectivity index (χ4v) is 2.51. The van der Waals surface area contributed by atoms with Crippen molar-refractivity contribution in [2.24, 2.45) is 5.41 Å². The van der Waals surface area contributed by atoms with Gasteiger partial charge in [0.05, 0.1) is 11.5 Å². The third kappa shape index (κ3) is 2.22. The van der Waals surface area contributed by atoms with Crippen molar-refractivity contribution in [3.63, 3.8) is 0 Å². The minimum absolute atomic E-state index is 0.157. The van der Waals surface area contributed by atoms with E-state index in [1.165, 1.54) is 11.8 Å². The largest absolute Gasteiger partial charge is 0.411 e. The fourth-order valence-electron chi connectivity index (χ4n) is 1.52. The molecule has 90 valence electrons. The summed E-state index contributed by atoms with van der Waals surface area (Å²) in [6, 6.07) is 5.98. The Morgan fingerprint density at radius 2 is 2.11 bits per heavy atom. The average molecular weight is 258 g/mol. The molecule has 0 unspecified atom stereocenters. The predicted molar refractivity (Wildman–Crippen MR) is 65.5 cm³/mol. The summed E-state index contributed by atoms with van der Waals surface area (Å²) < 4.78 is 5.54. The van der Waals surface area contributed by atoms with E-state index in [2.05, 4.69) is 21.3 Å². The van der Waals surface area contributed by atoms with Gasteiger partial charge in [-0.25, -0.2) is 0 Å². The molecule has 0 N–H and O–H groups in total. The van der Waals surface area contributed by atoms with Gasteiger partial charge in [-0.2, -0.15) is 5.26 Å². The molecule has 0 spiro atoms. The van der Waals surface area contributed by atoms with Crippen molar-refractivity contribution in [3.05, 3.63) is 24.5 Å². The first-order valence-electron chi connectivity index (χ1n) is 5.59. The van der Waals surface area contributed by atoms with Gasteiger partial charge in [0.1, 0.15) is 0 Å². The molecule has 2 heterocycles. The van der Waals surface area contributed by atoms with Gasteiger partial charge < -0.3 is 4.42 Å². The van der Waals surface area contributed by atoms with Crippen molar-refractivity contribution in [3.8, 4) is 17.5 Å². The topological polar surface area (TPSA) is 75.6 Å². The van der Waals surface area contributed by atoms with Gasteiger partial charge in [0, 0.05) is 23.7 Å². The first-order valence-corrected chi connectivity index (χ1v) is 6.58. The number of aromatic nitrogens is 3. The zero-order valence-electron chi connectivity index (χ0n) is 9.54. The van der Waals surface area contributed by atoms with Gasteiger partial charge >= 0.3 is 0 Å². The second kappa shape index (κ2) is 4.42. The highest BCUT2D eigenvalue weighted by Crippen LogP contribution is 2.48. The zero-order valence-corrected chi connectivity index (χ0v) is 10.4. The Bertz CT molecular complexity index is 586. The van der Waals surface area contributed by atoms with Gasteiger partial charge in [-0.1, -0.05) is 11.8 Å². The van der Waals surface area contributed by atoms with Crippen LogP contribution >= 0.6 is 11.8 Å². The van der Waals surface area contributed by atoms with Gasteiger partial charge in [-0.05, 0) is 25.0 Å². The van der Waals surface area contributed by atoms with Crippen LogP contribution in [-0.2, 0) is 0 Å². The van der Waals surface area contributed by atoms with Crippen LogP contribution in [0.15, 0.2) is 34.2 Å². The molecule has 2 aromatic heterocycles. The third-order valence-corrected chi connectivity index (χ3v) is 4.01. The lowest BCUT2D eigenvalue weighted by atomic mass is 10.2. The Balaban J connectivity index is 1.69. The minimum Gasteiger partial charge on any atom is -0.411 e. The SMILES string of the molecule is N#CC1(CSc2nnc(-c3ccncc3)o2)CC1. The second-order valence-corrected chi connectivity index (χ2v) is 5.22. The maximum atomic E-state index is 8.98. The van der Waals surface area contributed by atoms with E-state index < -0.39 is 0 Å². The van der Waals surface area contributed by atoms with Crippen LogP contribution in [0.3, 0.4) is 0 Å². The van der Waals surface area contributed by atoms with Gasteiger partial charge in [0.25, 0.3) is 5.22 Å². The molecule has 1 saturated carbocycles. The van der Waals surface area contributed by atoms with Crippen molar-refractivity contribution in [1.29, 1.82) is 5.26 Å². The first kappa shape index (κ1) is 11.2. The van der Waals surface area contributed by atoms with Crippen LogP contribution in [0.1, 0.15) is 12.8 Å². The second-order valence-electron chi connectivity index (χ2n) is 4.29. The summed E-state index contributed by atoms with van der Waals surface area (Å²) in [5.74, 6) is 1.21. The quantitative estimate of drug-likeness (QED) is 0.784. The summed E-state index contributed by atoms with van der Waals surface area (Å²) in [7, 11) is 0. The predicted octanol–water partition coefficient (Wildman–Crippen LogP) is 2.53. The average Bonchev–Trinajstić information content (AvgIpc) is 3.07. The summed E-state index contributed by atoms with van der Waals surface area (Å²) >= 11 is 1.45. The third-order valence-electron chi connectivity index (χ3n) is 2.90. The van der Waals surface area contributed by atoms with Crippen LogP contribution < -0.4 is 0 Å². The maximum absolute atomic E-state index is 8.98. The molecule has 5 nitrogen and oxygen atoms in total. The van der Waals surface area contributed by atoms with E-state index in [1.54, 1.807) is 12.4 Å². The van der Waals surface area contributed by atoms with Crippen LogP contribution in [0.4, 0.5) is 0 Å². The molecule has 2 aromatic rings. The smallest absolute Gasteiger partial charge is 0.276 e. The van der Waals surface area contributed by atoms with Crippen molar-refractivity contribution < 1.29 is 4.42 Å². The Morgan fingerprint density at radius 1 is 1.33 bits per heavy atom. The summed E-state index contributed by atoms with van der Waals surface area (Å²) in [5.41, 5.74) is 0.696. The lowest BCUT2D eigenvalue weighted by Gasteiger charge is -2.00. The van der Waals surface area contributed by atoms with Gasteiger partial charge in [0.2, 0.25) is 5.89 Å². The summed E-state index contributed by atoms with van der Waals surface area (Å²) in [6.07, 6.45) is 5.31. The molecule has 6 heteroatoms. The molecular formula is C12H10N4OS. The highest BCUT2D eigenvalue weighted by molar-refractivity contribution is 7.99. The molecule has 1 aliphatic carbocycles. The number of thioether (sulfide) groups is 1. The number of nitriles is 1. The van der Waals surface area contributed by atoms with Crippen LogP contribution in [0.25, 0.3) is 11.5 Å². The van der Waals surface area contributed by atoms with E-state index in [4.69, 9.17) is 9.68 Å². The molecular weight excluding hydrogens is 248 g/mol. The molecule has 1 aliphatic rings. The normalized spacial score (nSPS) is 16.2. The van der Waals surface area contributed by atoms with Crippen molar-refractivity contribution in [2.75, 3.05) is 5.75 Å². The molecule has 0 aromatic carbocycles. The molecule has 0 bridgehead atoms. The van der Waals surface area contributed by atoms with E-state index in [0.29, 0.717) is 11.1 Å². The summed E-state index contributed by atoms with van der Waals surface area (Å²) in [6.45, 7) is 0. The van der Waals surface area contributed by atoms with Crippen molar-refractivity contribution >= 4 is 11.8 Å². The van der Waals surface area contributed by atoms with Gasteiger partial charge in [-0.15, -0.1) is 10.2 Å². The van der Waals surface area contributed by atoms with Crippen molar-refractivity contribution in [1.82, 2.24) is 15.2 Å². The van der Waals surface area contributed by atoms with E-state index in [9.17, 15) is 0 Å². The molecule has 18 heavy (non-hydrogen) atoms. The first-order chi connectivity index (χ1) is 8.81. The number of hydrogen-bond acceptors (Lipinski definition) is 6. The lowest BCUT2D eigenvalue weighted by molar-refractivity contribution is 0.465. The molecule has 3 rings (SSSR count). The van der Waals surface area contributed by atoms with Crippen molar-refractivity contribution in [2.45, 2.75) is 18.1 Å². The molecule has 0 atom stereocenters. The summed E-state index contributed by atoms with van der Waals surface area (Å²) in [4.78, 5) is 3.93. The highest BCUT2D eigenvalue weighted by Gasteiger charge is 2.43. The fraction of sp³-hybridized carbons (Fsp3) is 0.333. The summed E-state index contributed by atoms with van der Waals surface area (Å²) in [5, 5.41) is 17.5. The van der Waals surface area contributed by atoms with E-state index in [-0.39, 0.29) is 5.41 Å². The van der Waals surface area contributed by atoms with E-state index in [1.807, 2.05) is 12.1 Å². The number of pyridine rings is 1. The van der Waals surface area contributed by atoms with E-state index >= 15 is 0 Å². The Labute approximate surface area is 108 Å². The lowest BCUT2D eigenvalue weighted by Crippen LogP contribution is -1.99. The van der Waals surface area contributed by atoms with Crippen LogP contribution in [0, 0.1) is 16.7 Å². The number of rotatable bonds is 4. The molecule has 0 amide bonds. The van der Waals surface area contributed by atoms with Crippen LogP contribution in [-0.4, -0.2) is 20.9 Å². The van der Waals surface area contributed by atoms with Crippen LogP contribution in [0.2, 0.25) is 0 Å². The Kier molecular flexibility index (Phi) is 2.76. The standard InChI is InChI=1S/C12H10N4OS/c13-7-12(3-4-12)8-18-11-16-15-10(17-11)9-1-5-14-6-2-9/h1-2,5-6H,3-4,8H2. The van der Waals surface area contributed by atoms with Gasteiger partial charge in [-0.3, -0.25) is 4.98 Å². The molecule has 0 radical (unpaired) electrons. The molecule has 1 fully saturated rings. The van der Waals surface area contributed by atoms with E-state index in [0.717, 1.165) is 24.2 Å². The molecule has 0 saturated heterocycles. The maximum Gasteiger partial charge on any atom is 0.276 e. The Hall–Kier alpha value is -1.87. The number of hydrogen-bond donors (Lipinski definition) is 0. The van der Waals surface area contributed by atoms with Crippen LogP contribution in [0.5, 0.6) is 0 Å². The number of nitrogens with zero attached hydrogens (tertiary/aromatic N) is 4. The minimum atomic E-state index is -0.157.